The van der Waals surface area contributed by atoms with Gasteiger partial charge in [0.25, 0.3) is 7.37 Å². The molecule has 164 valence electrons. The topological polar surface area (TPSA) is 41.6 Å². The fourth-order valence-electron chi connectivity index (χ4n) is 3.24. The zero-order valence-corrected chi connectivity index (χ0v) is 20.3. The lowest BCUT2D eigenvalue weighted by molar-refractivity contribution is 0.315. The fraction of sp³-hybridized carbons (Fsp3) is 0.250. The summed E-state index contributed by atoms with van der Waals surface area (Å²) in [6.07, 6.45) is 0.742. The van der Waals surface area contributed by atoms with E-state index in [9.17, 15) is 4.57 Å². The summed E-state index contributed by atoms with van der Waals surface area (Å²) in [5.74, 6) is -0.684. The molecule has 0 aliphatic carbocycles. The highest BCUT2D eigenvalue weighted by Gasteiger charge is 2.39. The highest BCUT2D eigenvalue weighted by molar-refractivity contribution is 7.67. The summed E-state index contributed by atoms with van der Waals surface area (Å²) < 4.78 is 20.7. The summed E-state index contributed by atoms with van der Waals surface area (Å²) in [6, 6.07) is 22.5. The van der Waals surface area contributed by atoms with Gasteiger partial charge < -0.3 is 14.7 Å². The Hall–Kier alpha value is -1.97. The van der Waals surface area contributed by atoms with E-state index in [4.69, 9.17) is 27.7 Å². The number of benzene rings is 3. The first-order valence-electron chi connectivity index (χ1n) is 10.1. The average Bonchev–Trinajstić information content (AvgIpc) is 2.77. The minimum atomic E-state index is -3.44. The second-order valence-corrected chi connectivity index (χ2v) is 10.7. The van der Waals surface area contributed by atoms with Gasteiger partial charge in [-0.1, -0.05) is 54.4 Å². The van der Waals surface area contributed by atoms with Crippen LogP contribution < -0.4 is 15.5 Å². The predicted molar refractivity (Wildman–Crippen MR) is 134 cm³/mol. The fourth-order valence-corrected chi connectivity index (χ4v) is 6.36. The van der Waals surface area contributed by atoms with Crippen LogP contribution in [0.3, 0.4) is 0 Å². The smallest absolute Gasteiger partial charge is 0.258 e. The second-order valence-electron chi connectivity index (χ2n) is 7.42. The van der Waals surface area contributed by atoms with E-state index in [0.29, 0.717) is 27.5 Å². The summed E-state index contributed by atoms with van der Waals surface area (Å²) in [7, 11) is 0.500. The maximum atomic E-state index is 14.6. The quantitative estimate of drug-likeness (QED) is 0.331. The first-order chi connectivity index (χ1) is 14.8. The summed E-state index contributed by atoms with van der Waals surface area (Å²) in [4.78, 5) is 2.00. The van der Waals surface area contributed by atoms with Crippen molar-refractivity contribution >= 4 is 47.3 Å². The van der Waals surface area contributed by atoms with Crippen molar-refractivity contribution in [2.75, 3.05) is 30.9 Å². The normalized spacial score (nSPS) is 14.0. The summed E-state index contributed by atoms with van der Waals surface area (Å²) in [6.45, 7) is 2.36. The molecule has 0 bridgehead atoms. The van der Waals surface area contributed by atoms with Gasteiger partial charge in [-0.05, 0) is 55.0 Å². The average molecular weight is 477 g/mol. The molecule has 0 radical (unpaired) electrons. The molecule has 0 unspecified atom stereocenters. The van der Waals surface area contributed by atoms with Crippen LogP contribution >= 0.6 is 30.6 Å². The molecule has 4 nitrogen and oxygen atoms in total. The standard InChI is InChI=1S/C24H27Cl2N2O2P/c1-4-16-30-31(29,21-13-11-20(12-14-21)28(2)3)24(27-19-8-6-5-7-9-19)22-15-10-18(25)17-23(22)26/h5-15,17,24,27H,4,16H2,1-3H3/t24-,31+/m0/s1. The Balaban J connectivity index is 2.15. The van der Waals surface area contributed by atoms with Crippen LogP contribution in [0.5, 0.6) is 0 Å². The van der Waals surface area contributed by atoms with E-state index < -0.39 is 13.2 Å². The van der Waals surface area contributed by atoms with Crippen LogP contribution in [0.4, 0.5) is 11.4 Å². The van der Waals surface area contributed by atoms with Gasteiger partial charge in [0.1, 0.15) is 5.78 Å². The van der Waals surface area contributed by atoms with Crippen LogP contribution in [0.25, 0.3) is 0 Å². The number of nitrogens with zero attached hydrogens (tertiary/aromatic N) is 1. The van der Waals surface area contributed by atoms with Gasteiger partial charge in [-0.3, -0.25) is 4.57 Å². The van der Waals surface area contributed by atoms with E-state index >= 15 is 0 Å². The summed E-state index contributed by atoms with van der Waals surface area (Å²) >= 11 is 12.7. The lowest BCUT2D eigenvalue weighted by Crippen LogP contribution is -2.21. The van der Waals surface area contributed by atoms with Crippen molar-refractivity contribution in [2.45, 2.75) is 19.1 Å². The molecule has 0 heterocycles. The van der Waals surface area contributed by atoms with Gasteiger partial charge in [-0.15, -0.1) is 0 Å². The van der Waals surface area contributed by atoms with E-state index in [0.717, 1.165) is 17.8 Å². The number of nitrogens with one attached hydrogen (secondary N) is 1. The molecule has 0 saturated carbocycles. The van der Waals surface area contributed by atoms with Crippen LogP contribution in [0.2, 0.25) is 10.0 Å². The van der Waals surface area contributed by atoms with Crippen LogP contribution in [0, 0.1) is 0 Å². The highest BCUT2D eigenvalue weighted by Crippen LogP contribution is 2.60. The summed E-state index contributed by atoms with van der Waals surface area (Å²) in [5, 5.41) is 5.00. The Labute approximate surface area is 194 Å². The molecule has 3 aromatic carbocycles. The third kappa shape index (κ3) is 5.64. The third-order valence-corrected chi connectivity index (χ3v) is 8.12. The molecule has 0 aliphatic rings. The monoisotopic (exact) mass is 476 g/mol. The molecular weight excluding hydrogens is 450 g/mol. The Morgan fingerprint density at radius 1 is 1.00 bits per heavy atom. The minimum absolute atomic E-state index is 0.366. The minimum Gasteiger partial charge on any atom is -0.378 e. The van der Waals surface area contributed by atoms with E-state index in [-0.39, 0.29) is 0 Å². The molecule has 7 heteroatoms. The summed E-state index contributed by atoms with van der Waals surface area (Å²) in [5.41, 5.74) is 2.51. The zero-order valence-electron chi connectivity index (χ0n) is 17.9. The van der Waals surface area contributed by atoms with Crippen molar-refractivity contribution in [3.63, 3.8) is 0 Å². The number of anilines is 2. The van der Waals surface area contributed by atoms with Gasteiger partial charge >= 0.3 is 0 Å². The van der Waals surface area contributed by atoms with Gasteiger partial charge in [0, 0.05) is 46.4 Å². The maximum absolute atomic E-state index is 14.6. The van der Waals surface area contributed by atoms with Crippen molar-refractivity contribution in [2.24, 2.45) is 0 Å². The van der Waals surface area contributed by atoms with Gasteiger partial charge in [-0.25, -0.2) is 0 Å². The highest BCUT2D eigenvalue weighted by atomic mass is 35.5. The molecule has 3 aromatic rings. The Morgan fingerprint density at radius 2 is 1.68 bits per heavy atom. The molecule has 0 aromatic heterocycles. The maximum Gasteiger partial charge on any atom is 0.258 e. The molecule has 0 aliphatic heterocycles. The molecule has 0 amide bonds. The van der Waals surface area contributed by atoms with Crippen LogP contribution in [0.15, 0.2) is 72.8 Å². The molecule has 2 atom stereocenters. The zero-order chi connectivity index (χ0) is 22.4. The first-order valence-corrected chi connectivity index (χ1v) is 12.6. The van der Waals surface area contributed by atoms with Gasteiger partial charge in [0.2, 0.25) is 0 Å². The van der Waals surface area contributed by atoms with Crippen molar-refractivity contribution in [1.29, 1.82) is 0 Å². The molecule has 31 heavy (non-hydrogen) atoms. The number of hydrogen-bond acceptors (Lipinski definition) is 4. The number of halogens is 2. The number of para-hydroxylation sites is 1. The molecule has 0 saturated heterocycles. The SMILES string of the molecule is CCCO[P@](=O)(c1ccc(N(C)C)cc1)[C@H](Nc1ccccc1)c1ccc(Cl)cc1Cl. The van der Waals surface area contributed by atoms with E-state index in [1.54, 1.807) is 18.2 Å². The number of rotatable bonds is 9. The molecular formula is C24H27Cl2N2O2P. The lowest BCUT2D eigenvalue weighted by Gasteiger charge is -2.30. The van der Waals surface area contributed by atoms with E-state index in [1.165, 1.54) is 0 Å². The van der Waals surface area contributed by atoms with Crippen molar-refractivity contribution in [3.05, 3.63) is 88.4 Å². The van der Waals surface area contributed by atoms with E-state index in [2.05, 4.69) is 5.32 Å². The molecule has 1 N–H and O–H groups in total. The van der Waals surface area contributed by atoms with Crippen LogP contribution in [0.1, 0.15) is 24.7 Å². The molecule has 3 rings (SSSR count). The first kappa shape index (κ1) is 23.7. The molecule has 0 spiro atoms. The van der Waals surface area contributed by atoms with Crippen molar-refractivity contribution < 1.29 is 9.09 Å². The van der Waals surface area contributed by atoms with Gasteiger partial charge in [-0.2, -0.15) is 0 Å². The number of hydrogen-bond donors (Lipinski definition) is 1. The largest absolute Gasteiger partial charge is 0.378 e. The van der Waals surface area contributed by atoms with Gasteiger partial charge in [0.05, 0.1) is 6.61 Å². The predicted octanol–water partition coefficient (Wildman–Crippen LogP) is 7.20. The van der Waals surface area contributed by atoms with E-state index in [1.807, 2.05) is 80.5 Å². The lowest BCUT2D eigenvalue weighted by atomic mass is 10.2. The Morgan fingerprint density at radius 3 is 2.26 bits per heavy atom. The van der Waals surface area contributed by atoms with Crippen molar-refractivity contribution in [1.82, 2.24) is 0 Å². The van der Waals surface area contributed by atoms with Gasteiger partial charge in [0.15, 0.2) is 0 Å². The van der Waals surface area contributed by atoms with Crippen LogP contribution in [-0.2, 0) is 9.09 Å². The van der Waals surface area contributed by atoms with Crippen LogP contribution in [-0.4, -0.2) is 20.7 Å². The third-order valence-electron chi connectivity index (χ3n) is 4.89. The van der Waals surface area contributed by atoms with Crippen molar-refractivity contribution in [3.8, 4) is 0 Å². The second kappa shape index (κ2) is 10.6. The molecule has 0 fully saturated rings. The Bertz CT molecular complexity index is 1040. The Kier molecular flexibility index (Phi) is 8.07.